The molecule has 3 rings (SSSR count). The van der Waals surface area contributed by atoms with Gasteiger partial charge in [-0.15, -0.1) is 0 Å². The molecule has 0 aliphatic carbocycles. The van der Waals surface area contributed by atoms with Gasteiger partial charge in [-0.2, -0.15) is 0 Å². The maximum atomic E-state index is 12.5. The maximum Gasteiger partial charge on any atom is 0.264 e. The van der Waals surface area contributed by atoms with E-state index in [1.807, 2.05) is 0 Å². The largest absolute Gasteiger partial charge is 0.328 e. The predicted molar refractivity (Wildman–Crippen MR) is 70.3 cm³/mol. The zero-order chi connectivity index (χ0) is 14.1. The van der Waals surface area contributed by atoms with Gasteiger partial charge in [0.2, 0.25) is 11.8 Å². The van der Waals surface area contributed by atoms with Gasteiger partial charge in [0.05, 0.1) is 6.54 Å². The summed E-state index contributed by atoms with van der Waals surface area (Å²) in [7, 11) is 0. The molecule has 3 aliphatic rings. The van der Waals surface area contributed by atoms with Crippen molar-refractivity contribution >= 4 is 17.7 Å². The topological polar surface area (TPSA) is 73.0 Å². The van der Waals surface area contributed by atoms with Crippen LogP contribution in [-0.4, -0.2) is 71.4 Å². The van der Waals surface area contributed by atoms with Crippen molar-refractivity contribution in [3.8, 4) is 0 Å². The molecule has 7 nitrogen and oxygen atoms in total. The van der Waals surface area contributed by atoms with Crippen LogP contribution < -0.4 is 5.32 Å². The van der Waals surface area contributed by atoms with Crippen molar-refractivity contribution < 1.29 is 14.4 Å². The van der Waals surface area contributed by atoms with E-state index in [4.69, 9.17) is 0 Å². The average molecular weight is 280 g/mol. The smallest absolute Gasteiger partial charge is 0.264 e. The molecule has 3 amide bonds. The lowest BCUT2D eigenvalue weighted by Gasteiger charge is -2.36. The van der Waals surface area contributed by atoms with Gasteiger partial charge in [-0.1, -0.05) is 0 Å². The SMILES string of the molecule is O=C1CNCCN1C1CCN(N2CCCCC2=O)C1=O. The lowest BCUT2D eigenvalue weighted by atomic mass is 10.1. The van der Waals surface area contributed by atoms with Crippen molar-refractivity contribution in [2.24, 2.45) is 0 Å². The van der Waals surface area contributed by atoms with Crippen LogP contribution in [0.2, 0.25) is 0 Å². The van der Waals surface area contributed by atoms with Crippen LogP contribution in [0.25, 0.3) is 0 Å². The Labute approximate surface area is 117 Å². The quantitative estimate of drug-likeness (QED) is 0.700. The highest BCUT2D eigenvalue weighted by atomic mass is 16.2. The number of piperazine rings is 1. The first-order chi connectivity index (χ1) is 9.68. The van der Waals surface area contributed by atoms with Crippen LogP contribution >= 0.6 is 0 Å². The molecule has 0 aromatic carbocycles. The first kappa shape index (κ1) is 13.4. The minimum absolute atomic E-state index is 0.0249. The molecule has 0 aromatic heterocycles. The first-order valence-corrected chi connectivity index (χ1v) is 7.30. The number of nitrogens with zero attached hydrogens (tertiary/aromatic N) is 3. The second kappa shape index (κ2) is 5.40. The van der Waals surface area contributed by atoms with E-state index in [9.17, 15) is 14.4 Å². The molecule has 3 saturated heterocycles. The summed E-state index contributed by atoms with van der Waals surface area (Å²) in [5.41, 5.74) is 0. The number of piperidine rings is 1. The monoisotopic (exact) mass is 280 g/mol. The van der Waals surface area contributed by atoms with Crippen LogP contribution in [-0.2, 0) is 14.4 Å². The third kappa shape index (κ3) is 2.26. The fourth-order valence-electron chi connectivity index (χ4n) is 3.18. The Morgan fingerprint density at radius 2 is 1.80 bits per heavy atom. The summed E-state index contributed by atoms with van der Waals surface area (Å²) >= 11 is 0. The van der Waals surface area contributed by atoms with E-state index in [2.05, 4.69) is 5.32 Å². The third-order valence-corrected chi connectivity index (χ3v) is 4.25. The fourth-order valence-corrected chi connectivity index (χ4v) is 3.18. The highest BCUT2D eigenvalue weighted by Gasteiger charge is 2.42. The van der Waals surface area contributed by atoms with Crippen LogP contribution in [0, 0.1) is 0 Å². The Morgan fingerprint density at radius 1 is 0.950 bits per heavy atom. The van der Waals surface area contributed by atoms with Gasteiger partial charge in [-0.05, 0) is 19.3 Å². The predicted octanol–water partition coefficient (Wildman–Crippen LogP) is -1.05. The molecule has 1 atom stereocenters. The van der Waals surface area contributed by atoms with Crippen molar-refractivity contribution in [2.75, 3.05) is 32.7 Å². The van der Waals surface area contributed by atoms with E-state index in [0.29, 0.717) is 39.0 Å². The highest BCUT2D eigenvalue weighted by Crippen LogP contribution is 2.23. The van der Waals surface area contributed by atoms with Crippen molar-refractivity contribution in [1.82, 2.24) is 20.2 Å². The molecule has 0 aromatic rings. The van der Waals surface area contributed by atoms with Crippen molar-refractivity contribution in [1.29, 1.82) is 0 Å². The van der Waals surface area contributed by atoms with Gasteiger partial charge in [-0.3, -0.25) is 19.4 Å². The summed E-state index contributed by atoms with van der Waals surface area (Å²) in [4.78, 5) is 38.0. The van der Waals surface area contributed by atoms with Crippen LogP contribution in [0.3, 0.4) is 0 Å². The maximum absolute atomic E-state index is 12.5. The number of hydrogen-bond acceptors (Lipinski definition) is 4. The van der Waals surface area contributed by atoms with Gasteiger partial charge in [0, 0.05) is 32.6 Å². The van der Waals surface area contributed by atoms with Gasteiger partial charge >= 0.3 is 0 Å². The molecule has 3 heterocycles. The van der Waals surface area contributed by atoms with Crippen molar-refractivity contribution in [2.45, 2.75) is 31.7 Å². The second-order valence-corrected chi connectivity index (χ2v) is 5.50. The summed E-state index contributed by atoms with van der Waals surface area (Å²) in [6.07, 6.45) is 2.97. The zero-order valence-electron chi connectivity index (χ0n) is 11.5. The van der Waals surface area contributed by atoms with E-state index in [1.165, 1.54) is 0 Å². The Bertz CT molecular complexity index is 401. The van der Waals surface area contributed by atoms with Crippen molar-refractivity contribution in [3.63, 3.8) is 0 Å². The third-order valence-electron chi connectivity index (χ3n) is 4.25. The summed E-state index contributed by atoms with van der Waals surface area (Å²) < 4.78 is 0. The van der Waals surface area contributed by atoms with E-state index in [0.717, 1.165) is 19.4 Å². The van der Waals surface area contributed by atoms with E-state index < -0.39 is 0 Å². The number of carbonyl (C=O) groups excluding carboxylic acids is 3. The van der Waals surface area contributed by atoms with Gasteiger partial charge in [0.15, 0.2) is 0 Å². The van der Waals surface area contributed by atoms with Gasteiger partial charge in [0.25, 0.3) is 5.91 Å². The highest BCUT2D eigenvalue weighted by molar-refractivity contribution is 5.91. The summed E-state index contributed by atoms with van der Waals surface area (Å²) in [5, 5.41) is 6.14. The molecule has 3 fully saturated rings. The first-order valence-electron chi connectivity index (χ1n) is 7.30. The average Bonchev–Trinajstić information content (AvgIpc) is 2.82. The number of hydrazine groups is 1. The summed E-state index contributed by atoms with van der Waals surface area (Å²) in [6, 6.07) is -0.390. The Hall–Kier alpha value is -1.63. The number of rotatable bonds is 2. The van der Waals surface area contributed by atoms with Crippen molar-refractivity contribution in [3.05, 3.63) is 0 Å². The van der Waals surface area contributed by atoms with Crippen LogP contribution in [0.5, 0.6) is 0 Å². The Balaban J connectivity index is 1.70. The van der Waals surface area contributed by atoms with Crippen LogP contribution in [0.4, 0.5) is 0 Å². The van der Waals surface area contributed by atoms with Gasteiger partial charge in [0.1, 0.15) is 6.04 Å². The second-order valence-electron chi connectivity index (χ2n) is 5.50. The minimum Gasteiger partial charge on any atom is -0.328 e. The Morgan fingerprint density at radius 3 is 2.55 bits per heavy atom. The molecular formula is C13H20N4O3. The molecule has 3 aliphatic heterocycles. The molecular weight excluding hydrogens is 260 g/mol. The van der Waals surface area contributed by atoms with Crippen LogP contribution in [0.15, 0.2) is 0 Å². The number of nitrogens with one attached hydrogen (secondary N) is 1. The lowest BCUT2D eigenvalue weighted by molar-refractivity contribution is -0.165. The molecule has 0 spiro atoms. The fraction of sp³-hybridized carbons (Fsp3) is 0.769. The van der Waals surface area contributed by atoms with Gasteiger partial charge in [-0.25, -0.2) is 5.01 Å². The van der Waals surface area contributed by atoms with E-state index >= 15 is 0 Å². The van der Waals surface area contributed by atoms with E-state index in [1.54, 1.807) is 14.9 Å². The number of amides is 3. The standard InChI is InChI=1S/C13H20N4O3/c18-11-3-1-2-6-16(11)17-7-4-10(13(17)20)15-8-5-14-9-12(15)19/h10,14H,1-9H2. The lowest BCUT2D eigenvalue weighted by Crippen LogP contribution is -2.56. The molecule has 0 radical (unpaired) electrons. The molecule has 20 heavy (non-hydrogen) atoms. The number of carbonyl (C=O) groups is 3. The minimum atomic E-state index is -0.390. The number of hydrogen-bond donors (Lipinski definition) is 1. The molecule has 0 saturated carbocycles. The summed E-state index contributed by atoms with van der Waals surface area (Å²) in [6.45, 7) is 2.74. The van der Waals surface area contributed by atoms with E-state index in [-0.39, 0.29) is 23.8 Å². The molecule has 1 unspecified atom stereocenters. The van der Waals surface area contributed by atoms with Crippen LogP contribution in [0.1, 0.15) is 25.7 Å². The molecule has 1 N–H and O–H groups in total. The Kier molecular flexibility index (Phi) is 3.60. The van der Waals surface area contributed by atoms with Gasteiger partial charge < -0.3 is 10.2 Å². The molecule has 7 heteroatoms. The zero-order valence-corrected chi connectivity index (χ0v) is 11.5. The molecule has 0 bridgehead atoms. The summed E-state index contributed by atoms with van der Waals surface area (Å²) in [5.74, 6) is -0.103. The normalized spacial score (nSPS) is 28.5. The molecule has 110 valence electrons.